The Morgan fingerprint density at radius 1 is 1.05 bits per heavy atom. The first-order valence-corrected chi connectivity index (χ1v) is 8.55. The lowest BCUT2D eigenvalue weighted by atomic mass is 10.0. The van der Waals surface area contributed by atoms with Crippen molar-refractivity contribution >= 4 is 0 Å². The van der Waals surface area contributed by atoms with Crippen molar-refractivity contribution in [2.24, 2.45) is 0 Å². The third kappa shape index (κ3) is 7.20. The van der Waals surface area contributed by atoms with Gasteiger partial charge in [0.1, 0.15) is 24.4 Å². The van der Waals surface area contributed by atoms with Crippen molar-refractivity contribution in [2.45, 2.75) is 76.3 Å². The first-order chi connectivity index (χ1) is 10.7. The van der Waals surface area contributed by atoms with Crippen LogP contribution in [0, 0.1) is 0 Å². The molecule has 0 saturated carbocycles. The Hall–Kier alpha value is -0.460. The highest BCUT2D eigenvalue weighted by atomic mass is 16.6. The van der Waals surface area contributed by atoms with Gasteiger partial charge in [-0.2, -0.15) is 0 Å². The number of ether oxygens (including phenoxy) is 2. The van der Waals surface area contributed by atoms with Crippen LogP contribution in [0.2, 0.25) is 0 Å². The van der Waals surface area contributed by atoms with E-state index < -0.39 is 24.4 Å². The molecule has 1 rings (SSSR count). The summed E-state index contributed by atoms with van der Waals surface area (Å²) in [5.74, 6) is 0. The minimum atomic E-state index is -1.08. The lowest BCUT2D eigenvalue weighted by Crippen LogP contribution is -2.55. The number of allylic oxidation sites excluding steroid dienone is 2. The quantitative estimate of drug-likeness (QED) is 0.400. The maximum Gasteiger partial charge on any atom is 0.111 e. The summed E-state index contributed by atoms with van der Waals surface area (Å²) < 4.78 is 10.9. The molecule has 1 fully saturated rings. The first kappa shape index (κ1) is 19.6. The van der Waals surface area contributed by atoms with Crippen molar-refractivity contribution in [3.05, 3.63) is 12.2 Å². The van der Waals surface area contributed by atoms with Crippen molar-refractivity contribution in [1.82, 2.24) is 0 Å². The zero-order valence-electron chi connectivity index (χ0n) is 13.7. The van der Waals surface area contributed by atoms with Crippen LogP contribution in [0.5, 0.6) is 0 Å². The normalized spacial score (nSPS) is 29.3. The van der Waals surface area contributed by atoms with Crippen LogP contribution in [-0.4, -0.2) is 59.6 Å². The fourth-order valence-corrected chi connectivity index (χ4v) is 2.58. The zero-order chi connectivity index (χ0) is 16.2. The van der Waals surface area contributed by atoms with Crippen molar-refractivity contribution in [3.8, 4) is 0 Å². The van der Waals surface area contributed by atoms with Crippen LogP contribution in [0.1, 0.15) is 51.9 Å². The first-order valence-electron chi connectivity index (χ1n) is 8.55. The van der Waals surface area contributed by atoms with Crippen LogP contribution in [-0.2, 0) is 9.47 Å². The lowest BCUT2D eigenvalue weighted by Gasteiger charge is -2.36. The van der Waals surface area contributed by atoms with Crippen molar-refractivity contribution in [3.63, 3.8) is 0 Å². The molecule has 0 spiro atoms. The van der Waals surface area contributed by atoms with Crippen molar-refractivity contribution < 1.29 is 24.8 Å². The van der Waals surface area contributed by atoms with Crippen LogP contribution in [0.4, 0.5) is 0 Å². The third-order valence-electron chi connectivity index (χ3n) is 4.02. The highest BCUT2D eigenvalue weighted by Crippen LogP contribution is 2.18. The Morgan fingerprint density at radius 3 is 2.50 bits per heavy atom. The van der Waals surface area contributed by atoms with Crippen LogP contribution < -0.4 is 0 Å². The number of unbranched alkanes of at least 4 members (excludes halogenated alkanes) is 5. The highest BCUT2D eigenvalue weighted by Gasteiger charge is 2.38. The van der Waals surface area contributed by atoms with E-state index in [9.17, 15) is 10.2 Å². The molecule has 1 heterocycles. The summed E-state index contributed by atoms with van der Waals surface area (Å²) in [4.78, 5) is 0. The molecule has 0 aromatic heterocycles. The second-order valence-electron chi connectivity index (χ2n) is 5.88. The summed E-state index contributed by atoms with van der Waals surface area (Å²) >= 11 is 0. The molecule has 0 bridgehead atoms. The lowest BCUT2D eigenvalue weighted by molar-refractivity contribution is -0.208. The topological polar surface area (TPSA) is 79.2 Å². The molecule has 4 atom stereocenters. The predicted octanol–water partition coefficient (Wildman–Crippen LogP) is 1.79. The summed E-state index contributed by atoms with van der Waals surface area (Å²) in [6.07, 6.45) is 9.19. The fraction of sp³-hybridized carbons (Fsp3) is 0.882. The second-order valence-corrected chi connectivity index (χ2v) is 5.88. The van der Waals surface area contributed by atoms with Gasteiger partial charge in [-0.15, -0.1) is 0 Å². The molecule has 0 radical (unpaired) electrons. The van der Waals surface area contributed by atoms with Crippen LogP contribution in [0.15, 0.2) is 12.2 Å². The van der Waals surface area contributed by atoms with Crippen molar-refractivity contribution in [2.75, 3.05) is 19.8 Å². The number of hydrogen-bond acceptors (Lipinski definition) is 5. The zero-order valence-corrected chi connectivity index (χ0v) is 13.7. The van der Waals surface area contributed by atoms with Gasteiger partial charge in [0.05, 0.1) is 13.2 Å². The molecule has 0 amide bonds. The molecule has 1 aliphatic rings. The maximum atomic E-state index is 9.91. The molecule has 130 valence electrons. The van der Waals surface area contributed by atoms with E-state index in [2.05, 4.69) is 19.1 Å². The largest absolute Gasteiger partial charge is 0.394 e. The predicted molar refractivity (Wildman–Crippen MR) is 85.7 cm³/mol. The smallest absolute Gasteiger partial charge is 0.111 e. The molecule has 5 nitrogen and oxygen atoms in total. The van der Waals surface area contributed by atoms with E-state index >= 15 is 0 Å². The van der Waals surface area contributed by atoms with Gasteiger partial charge in [0.15, 0.2) is 0 Å². The molecular weight excluding hydrogens is 284 g/mol. The van der Waals surface area contributed by atoms with Crippen LogP contribution >= 0.6 is 0 Å². The molecular formula is C17H32O5. The summed E-state index contributed by atoms with van der Waals surface area (Å²) in [6, 6.07) is 0. The minimum Gasteiger partial charge on any atom is -0.394 e. The van der Waals surface area contributed by atoms with Gasteiger partial charge in [-0.1, -0.05) is 38.3 Å². The van der Waals surface area contributed by atoms with Crippen LogP contribution in [0.25, 0.3) is 0 Å². The summed E-state index contributed by atoms with van der Waals surface area (Å²) in [7, 11) is 0. The number of aliphatic hydroxyl groups excluding tert-OH is 3. The number of aliphatic hydroxyl groups is 3. The summed E-state index contributed by atoms with van der Waals surface area (Å²) in [5.41, 5.74) is 0. The third-order valence-corrected chi connectivity index (χ3v) is 4.02. The van der Waals surface area contributed by atoms with E-state index in [1.165, 1.54) is 25.7 Å². The molecule has 0 aromatic rings. The number of rotatable bonds is 11. The standard InChI is InChI=1S/C17H32O5/c1-2-3-4-5-6-7-8-9-10-11-21-15-13-22-14(12-18)16(19)17(15)20/h3-4,14-20H,2,5-13H2,1H3/b4-3+/t14-,15+,16-,17-/m1/s1. The highest BCUT2D eigenvalue weighted by molar-refractivity contribution is 4.87. The van der Waals surface area contributed by atoms with Gasteiger partial charge in [0.2, 0.25) is 0 Å². The van der Waals surface area contributed by atoms with E-state index in [0.29, 0.717) is 6.61 Å². The molecule has 0 unspecified atom stereocenters. The van der Waals surface area contributed by atoms with E-state index in [-0.39, 0.29) is 13.2 Å². The summed E-state index contributed by atoms with van der Waals surface area (Å²) in [5, 5.41) is 28.6. The van der Waals surface area contributed by atoms with Gasteiger partial charge in [0.25, 0.3) is 0 Å². The molecule has 1 saturated heterocycles. The van der Waals surface area contributed by atoms with Crippen molar-refractivity contribution in [1.29, 1.82) is 0 Å². The van der Waals surface area contributed by atoms with E-state index in [1.54, 1.807) is 0 Å². The average Bonchev–Trinajstić information content (AvgIpc) is 2.53. The van der Waals surface area contributed by atoms with Crippen LogP contribution in [0.3, 0.4) is 0 Å². The monoisotopic (exact) mass is 316 g/mol. The second kappa shape index (κ2) is 12.0. The Bertz CT molecular complexity index is 295. The molecule has 22 heavy (non-hydrogen) atoms. The molecule has 0 aromatic carbocycles. The molecule has 5 heteroatoms. The van der Waals surface area contributed by atoms with Gasteiger partial charge in [-0.05, 0) is 25.7 Å². The Morgan fingerprint density at radius 2 is 1.77 bits per heavy atom. The Labute approximate surface area is 133 Å². The average molecular weight is 316 g/mol. The minimum absolute atomic E-state index is 0.215. The van der Waals surface area contributed by atoms with Gasteiger partial charge in [-0.25, -0.2) is 0 Å². The SMILES string of the molecule is CC/C=C/CCCCCCCO[C@H]1CO[C@H](CO)[C@@H](O)[C@@H]1O. The van der Waals surface area contributed by atoms with E-state index in [1.807, 2.05) is 0 Å². The van der Waals surface area contributed by atoms with Gasteiger partial charge in [0, 0.05) is 6.61 Å². The van der Waals surface area contributed by atoms with Gasteiger partial charge in [-0.3, -0.25) is 0 Å². The van der Waals surface area contributed by atoms with E-state index in [0.717, 1.165) is 19.3 Å². The van der Waals surface area contributed by atoms with Gasteiger partial charge >= 0.3 is 0 Å². The molecule has 0 aliphatic carbocycles. The fourth-order valence-electron chi connectivity index (χ4n) is 2.58. The summed E-state index contributed by atoms with van der Waals surface area (Å²) in [6.45, 7) is 2.64. The Kier molecular flexibility index (Phi) is 10.7. The van der Waals surface area contributed by atoms with Gasteiger partial charge < -0.3 is 24.8 Å². The maximum absolute atomic E-state index is 9.91. The Balaban J connectivity index is 2.00. The molecule has 3 N–H and O–H groups in total. The van der Waals surface area contributed by atoms with E-state index in [4.69, 9.17) is 14.6 Å². The number of hydrogen-bond donors (Lipinski definition) is 3. The molecule has 1 aliphatic heterocycles.